The summed E-state index contributed by atoms with van der Waals surface area (Å²) in [6, 6.07) is 5.63. The van der Waals surface area contributed by atoms with Gasteiger partial charge < -0.3 is 9.84 Å². The molecule has 1 fully saturated rings. The molecule has 1 aliphatic heterocycles. The molecule has 0 aromatic heterocycles. The van der Waals surface area contributed by atoms with Crippen LogP contribution in [0.15, 0.2) is 22.7 Å². The molecule has 1 aliphatic rings. The molecule has 4 nitrogen and oxygen atoms in total. The summed E-state index contributed by atoms with van der Waals surface area (Å²) in [5, 5.41) is 10.2. The Bertz CT molecular complexity index is 571. The second-order valence-corrected chi connectivity index (χ2v) is 8.40. The van der Waals surface area contributed by atoms with Crippen molar-refractivity contribution in [2.45, 2.75) is 25.4 Å². The van der Waals surface area contributed by atoms with Crippen molar-refractivity contribution >= 4 is 25.8 Å². The van der Waals surface area contributed by atoms with E-state index in [0.29, 0.717) is 19.3 Å². The van der Waals surface area contributed by atoms with E-state index < -0.39 is 15.9 Å². The maximum absolute atomic E-state index is 11.4. The monoisotopic (exact) mass is 362 g/mol. The third-order valence-electron chi connectivity index (χ3n) is 3.64. The van der Waals surface area contributed by atoms with Gasteiger partial charge in [0.05, 0.1) is 24.7 Å². The van der Waals surface area contributed by atoms with Crippen LogP contribution in [0.5, 0.6) is 5.75 Å². The number of aliphatic hydroxyl groups is 1. The van der Waals surface area contributed by atoms with Gasteiger partial charge in [0.1, 0.15) is 5.75 Å². The van der Waals surface area contributed by atoms with Crippen molar-refractivity contribution < 1.29 is 18.3 Å². The van der Waals surface area contributed by atoms with Crippen LogP contribution in [0.2, 0.25) is 0 Å². The molecule has 0 bridgehead atoms. The molecule has 1 aromatic rings. The van der Waals surface area contributed by atoms with Gasteiger partial charge in [0.25, 0.3) is 0 Å². The van der Waals surface area contributed by atoms with E-state index in [0.717, 1.165) is 15.8 Å². The quantitative estimate of drug-likeness (QED) is 0.871. The summed E-state index contributed by atoms with van der Waals surface area (Å²) in [6.45, 7) is 0. The van der Waals surface area contributed by atoms with E-state index >= 15 is 0 Å². The van der Waals surface area contributed by atoms with Crippen molar-refractivity contribution in [1.82, 2.24) is 0 Å². The van der Waals surface area contributed by atoms with E-state index in [9.17, 15) is 13.5 Å². The first-order chi connectivity index (χ1) is 9.39. The lowest BCUT2D eigenvalue weighted by Crippen LogP contribution is -2.17. The average molecular weight is 363 g/mol. The van der Waals surface area contributed by atoms with E-state index in [1.165, 1.54) is 0 Å². The van der Waals surface area contributed by atoms with Gasteiger partial charge in [0, 0.05) is 4.47 Å². The first-order valence-electron chi connectivity index (χ1n) is 6.60. The van der Waals surface area contributed by atoms with Crippen molar-refractivity contribution in [3.05, 3.63) is 28.2 Å². The summed E-state index contributed by atoms with van der Waals surface area (Å²) >= 11 is 3.46. The first kappa shape index (κ1) is 15.8. The second kappa shape index (κ2) is 6.45. The number of rotatable bonds is 5. The van der Waals surface area contributed by atoms with Crippen LogP contribution >= 0.6 is 15.9 Å². The summed E-state index contributed by atoms with van der Waals surface area (Å²) < 4.78 is 28.9. The Labute approximate surface area is 128 Å². The van der Waals surface area contributed by atoms with Gasteiger partial charge >= 0.3 is 0 Å². The van der Waals surface area contributed by atoms with Crippen molar-refractivity contribution in [3.63, 3.8) is 0 Å². The highest BCUT2D eigenvalue weighted by Crippen LogP contribution is 2.27. The normalized spacial score (nSPS) is 22.6. The number of methoxy groups -OCH3 is 1. The van der Waals surface area contributed by atoms with Gasteiger partial charge in [-0.15, -0.1) is 0 Å². The molecule has 112 valence electrons. The number of hydrogen-bond acceptors (Lipinski definition) is 4. The Morgan fingerprint density at radius 3 is 2.85 bits per heavy atom. The topological polar surface area (TPSA) is 63.6 Å². The van der Waals surface area contributed by atoms with E-state index in [4.69, 9.17) is 4.74 Å². The van der Waals surface area contributed by atoms with Gasteiger partial charge in [-0.25, -0.2) is 8.42 Å². The minimum absolute atomic E-state index is 0.0828. The fourth-order valence-electron chi connectivity index (χ4n) is 2.61. The minimum atomic E-state index is -2.87. The Morgan fingerprint density at radius 2 is 2.25 bits per heavy atom. The molecule has 0 saturated carbocycles. The molecule has 2 unspecified atom stereocenters. The van der Waals surface area contributed by atoms with Crippen LogP contribution in [-0.4, -0.2) is 38.2 Å². The largest absolute Gasteiger partial charge is 0.497 e. The summed E-state index contributed by atoms with van der Waals surface area (Å²) in [5.41, 5.74) is 0.970. The van der Waals surface area contributed by atoms with Gasteiger partial charge in [-0.05, 0) is 48.9 Å². The molecule has 0 radical (unpaired) electrons. The molecule has 1 heterocycles. The predicted octanol–water partition coefficient (Wildman–Crippen LogP) is 2.19. The van der Waals surface area contributed by atoms with Crippen LogP contribution in [0.3, 0.4) is 0 Å². The lowest BCUT2D eigenvalue weighted by atomic mass is 9.96. The van der Waals surface area contributed by atoms with E-state index in [1.54, 1.807) is 7.11 Å². The van der Waals surface area contributed by atoms with Crippen molar-refractivity contribution in [1.29, 1.82) is 0 Å². The minimum Gasteiger partial charge on any atom is -0.497 e. The summed E-state index contributed by atoms with van der Waals surface area (Å²) in [4.78, 5) is 0. The van der Waals surface area contributed by atoms with Gasteiger partial charge in [-0.1, -0.05) is 15.9 Å². The Kier molecular flexibility index (Phi) is 5.09. The van der Waals surface area contributed by atoms with E-state index in [1.807, 2.05) is 18.2 Å². The van der Waals surface area contributed by atoms with E-state index in [2.05, 4.69) is 15.9 Å². The second-order valence-electron chi connectivity index (χ2n) is 5.32. The van der Waals surface area contributed by atoms with Gasteiger partial charge in [0.2, 0.25) is 0 Å². The van der Waals surface area contributed by atoms with Crippen molar-refractivity contribution in [2.24, 2.45) is 5.92 Å². The van der Waals surface area contributed by atoms with Crippen molar-refractivity contribution in [3.8, 4) is 5.75 Å². The summed E-state index contributed by atoms with van der Waals surface area (Å²) in [6.07, 6.45) is 1.16. The Hall–Kier alpha value is -0.590. The number of hydrogen-bond donors (Lipinski definition) is 1. The highest BCUT2D eigenvalue weighted by molar-refractivity contribution is 9.10. The molecule has 1 saturated heterocycles. The maximum atomic E-state index is 11.4. The molecular formula is C14H19BrO4S. The molecule has 1 aromatic carbocycles. The SMILES string of the molecule is COc1ccc(Br)c(CC(O)CC2CCS(=O)(=O)C2)c1. The fraction of sp³-hybridized carbons (Fsp3) is 0.571. The van der Waals surface area contributed by atoms with Gasteiger partial charge in [-0.3, -0.25) is 0 Å². The third kappa shape index (κ3) is 4.20. The fourth-order valence-corrected chi connectivity index (χ4v) is 4.90. The number of aliphatic hydroxyl groups excluding tert-OH is 1. The maximum Gasteiger partial charge on any atom is 0.150 e. The zero-order chi connectivity index (χ0) is 14.8. The number of halogens is 1. The molecule has 2 atom stereocenters. The molecule has 0 aliphatic carbocycles. The number of ether oxygens (including phenoxy) is 1. The number of sulfone groups is 1. The smallest absolute Gasteiger partial charge is 0.150 e. The van der Waals surface area contributed by atoms with Crippen LogP contribution in [0.4, 0.5) is 0 Å². The predicted molar refractivity (Wildman–Crippen MR) is 81.8 cm³/mol. The number of benzene rings is 1. The molecule has 20 heavy (non-hydrogen) atoms. The lowest BCUT2D eigenvalue weighted by Gasteiger charge is -2.16. The highest BCUT2D eigenvalue weighted by Gasteiger charge is 2.29. The molecule has 6 heteroatoms. The molecule has 0 amide bonds. The zero-order valence-electron chi connectivity index (χ0n) is 11.4. The summed E-state index contributed by atoms with van der Waals surface area (Å²) in [7, 11) is -1.27. The van der Waals surface area contributed by atoms with Gasteiger partial charge in [0.15, 0.2) is 9.84 Å². The molecule has 2 rings (SSSR count). The highest BCUT2D eigenvalue weighted by atomic mass is 79.9. The van der Waals surface area contributed by atoms with Crippen LogP contribution in [0, 0.1) is 5.92 Å². The van der Waals surface area contributed by atoms with Crippen molar-refractivity contribution in [2.75, 3.05) is 18.6 Å². The Morgan fingerprint density at radius 1 is 1.50 bits per heavy atom. The van der Waals surface area contributed by atoms with Crippen LogP contribution in [0.25, 0.3) is 0 Å². The summed E-state index contributed by atoms with van der Waals surface area (Å²) in [5.74, 6) is 1.30. The zero-order valence-corrected chi connectivity index (χ0v) is 13.8. The third-order valence-corrected chi connectivity index (χ3v) is 6.25. The van der Waals surface area contributed by atoms with Crippen LogP contribution in [0.1, 0.15) is 18.4 Å². The average Bonchev–Trinajstić information content (AvgIpc) is 2.71. The lowest BCUT2D eigenvalue weighted by molar-refractivity contribution is 0.146. The molecule has 1 N–H and O–H groups in total. The first-order valence-corrected chi connectivity index (χ1v) is 9.22. The molecule has 0 spiro atoms. The van der Waals surface area contributed by atoms with Crippen LogP contribution in [-0.2, 0) is 16.3 Å². The molecular weight excluding hydrogens is 344 g/mol. The standard InChI is InChI=1S/C14H19BrO4S/c1-19-13-2-3-14(15)11(8-13)7-12(16)6-10-4-5-20(17,18)9-10/h2-3,8,10,12,16H,4-7,9H2,1H3. The van der Waals surface area contributed by atoms with Crippen LogP contribution < -0.4 is 4.74 Å². The van der Waals surface area contributed by atoms with Gasteiger partial charge in [-0.2, -0.15) is 0 Å². The Balaban J connectivity index is 1.96. The van der Waals surface area contributed by atoms with E-state index in [-0.39, 0.29) is 17.4 Å².